The van der Waals surface area contributed by atoms with E-state index in [1.165, 1.54) is 0 Å². The lowest BCUT2D eigenvalue weighted by Gasteiger charge is -2.32. The maximum atomic E-state index is 12.5. The molecule has 114 valence electrons. The van der Waals surface area contributed by atoms with E-state index in [1.807, 2.05) is 31.2 Å². The van der Waals surface area contributed by atoms with Gasteiger partial charge in [-0.2, -0.15) is 0 Å². The summed E-state index contributed by atoms with van der Waals surface area (Å²) in [5.74, 6) is -0.411. The zero-order chi connectivity index (χ0) is 14.9. The summed E-state index contributed by atoms with van der Waals surface area (Å²) in [6, 6.07) is 7.67. The molecule has 1 aliphatic carbocycles. The molecule has 0 N–H and O–H groups in total. The number of ether oxygens (including phenoxy) is 2. The summed E-state index contributed by atoms with van der Waals surface area (Å²) in [6.45, 7) is 3.35. The van der Waals surface area contributed by atoms with Crippen LogP contribution in [0.15, 0.2) is 39.1 Å². The molecule has 0 radical (unpaired) electrons. The van der Waals surface area contributed by atoms with Gasteiger partial charge in [0.1, 0.15) is 4.36 Å². The van der Waals surface area contributed by atoms with E-state index in [0.29, 0.717) is 17.6 Å². The van der Waals surface area contributed by atoms with Crippen molar-refractivity contribution in [2.24, 2.45) is 0 Å². The third-order valence-corrected chi connectivity index (χ3v) is 6.11. The highest BCUT2D eigenvalue weighted by atomic mass is 35.5. The largest absolute Gasteiger partial charge is 0.348 e. The molecule has 1 unspecified atom stereocenters. The van der Waals surface area contributed by atoms with Gasteiger partial charge in [-0.3, -0.25) is 0 Å². The van der Waals surface area contributed by atoms with Crippen molar-refractivity contribution in [2.45, 2.75) is 43.3 Å². The van der Waals surface area contributed by atoms with E-state index in [9.17, 15) is 4.21 Å². The molecule has 5 heteroatoms. The Morgan fingerprint density at radius 3 is 2.29 bits per heavy atom. The SMILES string of the molecule is Cc1ccc(S(=O)C(Cl)=C2CCC3(CC2)OCCO3)cc1. The minimum absolute atomic E-state index is 0.411. The fraction of sp³-hybridized carbons (Fsp3) is 0.500. The van der Waals surface area contributed by atoms with Crippen molar-refractivity contribution < 1.29 is 13.7 Å². The Bertz CT molecular complexity index is 562. The van der Waals surface area contributed by atoms with Gasteiger partial charge >= 0.3 is 0 Å². The van der Waals surface area contributed by atoms with Gasteiger partial charge in [-0.15, -0.1) is 0 Å². The molecule has 2 fully saturated rings. The Kier molecular flexibility index (Phi) is 4.50. The molecule has 21 heavy (non-hydrogen) atoms. The maximum Gasteiger partial charge on any atom is 0.169 e. The summed E-state index contributed by atoms with van der Waals surface area (Å²) in [4.78, 5) is 0.756. The first-order valence-corrected chi connectivity index (χ1v) is 8.76. The van der Waals surface area contributed by atoms with Crippen LogP contribution in [0, 0.1) is 6.92 Å². The first-order chi connectivity index (χ1) is 10.1. The van der Waals surface area contributed by atoms with E-state index in [-0.39, 0.29) is 0 Å². The number of hydrogen-bond donors (Lipinski definition) is 0. The molecule has 0 aromatic heterocycles. The van der Waals surface area contributed by atoms with Crippen LogP contribution in [0.1, 0.15) is 31.2 Å². The molecule has 1 aromatic rings. The van der Waals surface area contributed by atoms with E-state index in [1.54, 1.807) is 0 Å². The molecule has 1 saturated heterocycles. The molecule has 1 saturated carbocycles. The fourth-order valence-corrected chi connectivity index (χ4v) is 4.32. The van der Waals surface area contributed by atoms with Crippen LogP contribution >= 0.6 is 11.6 Å². The molecule has 0 bridgehead atoms. The number of aryl methyl sites for hydroxylation is 1. The Morgan fingerprint density at radius 1 is 1.14 bits per heavy atom. The third kappa shape index (κ3) is 3.24. The van der Waals surface area contributed by atoms with Gasteiger partial charge in [0.05, 0.1) is 24.0 Å². The van der Waals surface area contributed by atoms with Gasteiger partial charge in [-0.1, -0.05) is 29.3 Å². The van der Waals surface area contributed by atoms with Gasteiger partial charge in [-0.05, 0) is 37.5 Å². The second-order valence-corrected chi connectivity index (χ2v) is 7.59. The Morgan fingerprint density at radius 2 is 1.71 bits per heavy atom. The highest BCUT2D eigenvalue weighted by Crippen LogP contribution is 2.40. The quantitative estimate of drug-likeness (QED) is 0.827. The number of rotatable bonds is 2. The molecule has 1 aliphatic heterocycles. The Balaban J connectivity index is 1.73. The summed E-state index contributed by atoms with van der Waals surface area (Å²) in [5, 5.41) is 0. The topological polar surface area (TPSA) is 35.5 Å². The average Bonchev–Trinajstić information content (AvgIpc) is 2.96. The predicted molar refractivity (Wildman–Crippen MR) is 83.6 cm³/mol. The molecule has 1 heterocycles. The molecular formula is C16H19ClO3S. The van der Waals surface area contributed by atoms with Crippen LogP contribution in [0.3, 0.4) is 0 Å². The maximum absolute atomic E-state index is 12.5. The highest BCUT2D eigenvalue weighted by Gasteiger charge is 2.39. The minimum atomic E-state index is -1.28. The standard InChI is InChI=1S/C16H19ClO3S/c1-12-2-4-14(5-3-12)21(18)15(17)13-6-8-16(9-7-13)19-10-11-20-16/h2-5H,6-11H2,1H3. The van der Waals surface area contributed by atoms with Crippen LogP contribution < -0.4 is 0 Å². The van der Waals surface area contributed by atoms with Crippen LogP contribution in [-0.4, -0.2) is 23.2 Å². The summed E-state index contributed by atoms with van der Waals surface area (Å²) in [7, 11) is -1.28. The van der Waals surface area contributed by atoms with Crippen LogP contribution in [0.5, 0.6) is 0 Å². The van der Waals surface area contributed by atoms with Crippen molar-refractivity contribution >= 4 is 22.4 Å². The monoisotopic (exact) mass is 326 g/mol. The number of hydrogen-bond acceptors (Lipinski definition) is 3. The normalized spacial score (nSPS) is 22.5. The zero-order valence-electron chi connectivity index (χ0n) is 12.1. The van der Waals surface area contributed by atoms with E-state index in [4.69, 9.17) is 21.1 Å². The molecule has 1 atom stereocenters. The van der Waals surface area contributed by atoms with Crippen molar-refractivity contribution in [3.8, 4) is 0 Å². The van der Waals surface area contributed by atoms with Gasteiger partial charge in [0.15, 0.2) is 5.79 Å². The van der Waals surface area contributed by atoms with Gasteiger partial charge in [-0.25, -0.2) is 4.21 Å². The summed E-state index contributed by atoms with van der Waals surface area (Å²) in [5.41, 5.74) is 2.22. The first-order valence-electron chi connectivity index (χ1n) is 7.24. The van der Waals surface area contributed by atoms with Gasteiger partial charge in [0.2, 0.25) is 0 Å². The Hall–Kier alpha value is -0.680. The van der Waals surface area contributed by atoms with Crippen molar-refractivity contribution in [1.29, 1.82) is 0 Å². The lowest BCUT2D eigenvalue weighted by Crippen LogP contribution is -2.33. The van der Waals surface area contributed by atoms with Crippen molar-refractivity contribution in [3.05, 3.63) is 39.8 Å². The fourth-order valence-electron chi connectivity index (χ4n) is 2.81. The third-order valence-electron chi connectivity index (χ3n) is 4.10. The second-order valence-electron chi connectivity index (χ2n) is 5.57. The molecule has 3 nitrogen and oxygen atoms in total. The summed E-state index contributed by atoms with van der Waals surface area (Å²) in [6.07, 6.45) is 3.17. The summed E-state index contributed by atoms with van der Waals surface area (Å²) >= 11 is 6.38. The van der Waals surface area contributed by atoms with E-state index < -0.39 is 16.6 Å². The van der Waals surface area contributed by atoms with Crippen molar-refractivity contribution in [3.63, 3.8) is 0 Å². The highest BCUT2D eigenvalue weighted by molar-refractivity contribution is 7.90. The minimum Gasteiger partial charge on any atom is -0.348 e. The molecule has 1 aromatic carbocycles. The molecule has 3 rings (SSSR count). The van der Waals surface area contributed by atoms with E-state index in [0.717, 1.165) is 41.7 Å². The van der Waals surface area contributed by atoms with E-state index in [2.05, 4.69) is 0 Å². The molecule has 0 amide bonds. The average molecular weight is 327 g/mol. The van der Waals surface area contributed by atoms with Crippen LogP contribution in [-0.2, 0) is 20.3 Å². The van der Waals surface area contributed by atoms with Crippen LogP contribution in [0.4, 0.5) is 0 Å². The smallest absolute Gasteiger partial charge is 0.169 e. The van der Waals surface area contributed by atoms with Crippen LogP contribution in [0.2, 0.25) is 0 Å². The number of allylic oxidation sites excluding steroid dienone is 1. The molecule has 1 spiro atoms. The number of halogens is 1. The zero-order valence-corrected chi connectivity index (χ0v) is 13.6. The lowest BCUT2D eigenvalue weighted by molar-refractivity contribution is -0.171. The molecule has 2 aliphatic rings. The number of benzene rings is 1. The van der Waals surface area contributed by atoms with E-state index >= 15 is 0 Å². The summed E-state index contributed by atoms with van der Waals surface area (Å²) < 4.78 is 24.4. The van der Waals surface area contributed by atoms with Crippen LogP contribution in [0.25, 0.3) is 0 Å². The van der Waals surface area contributed by atoms with Crippen molar-refractivity contribution in [1.82, 2.24) is 0 Å². The second kappa shape index (κ2) is 6.21. The van der Waals surface area contributed by atoms with Gasteiger partial charge in [0, 0.05) is 17.7 Å². The van der Waals surface area contributed by atoms with Crippen molar-refractivity contribution in [2.75, 3.05) is 13.2 Å². The first kappa shape index (κ1) is 15.2. The Labute approximate surface area is 132 Å². The molecular weight excluding hydrogens is 308 g/mol. The van der Waals surface area contributed by atoms with Gasteiger partial charge in [0.25, 0.3) is 0 Å². The lowest BCUT2D eigenvalue weighted by atomic mass is 9.91. The predicted octanol–water partition coefficient (Wildman–Crippen LogP) is 3.87. The van der Waals surface area contributed by atoms with Gasteiger partial charge < -0.3 is 9.47 Å².